The van der Waals surface area contributed by atoms with Crippen molar-refractivity contribution in [2.24, 2.45) is 0 Å². The highest BCUT2D eigenvalue weighted by atomic mass is 79.9. The van der Waals surface area contributed by atoms with E-state index in [0.717, 1.165) is 9.99 Å². The van der Waals surface area contributed by atoms with Crippen molar-refractivity contribution >= 4 is 27.0 Å². The van der Waals surface area contributed by atoms with Crippen molar-refractivity contribution in [3.63, 3.8) is 0 Å². The van der Waals surface area contributed by atoms with E-state index in [1.807, 2.05) is 30.6 Å². The zero-order valence-electron chi connectivity index (χ0n) is 10.0. The zero-order valence-corrected chi connectivity index (χ0v) is 11.6. The third-order valence-corrected chi connectivity index (χ3v) is 3.98. The Morgan fingerprint density at radius 2 is 1.78 bits per heavy atom. The molecule has 2 nitrogen and oxygen atoms in total. The lowest BCUT2D eigenvalue weighted by Gasteiger charge is -2.16. The van der Waals surface area contributed by atoms with Gasteiger partial charge in [0.05, 0.1) is 23.4 Å². The van der Waals surface area contributed by atoms with Gasteiger partial charge in [0, 0.05) is 4.47 Å². The van der Waals surface area contributed by atoms with Crippen LogP contribution in [0.25, 0.3) is 11.0 Å². The van der Waals surface area contributed by atoms with Crippen molar-refractivity contribution in [1.82, 2.24) is 9.55 Å². The van der Waals surface area contributed by atoms with Crippen LogP contribution in [0.2, 0.25) is 0 Å². The van der Waals surface area contributed by atoms with Crippen LogP contribution in [0.5, 0.6) is 0 Å². The van der Waals surface area contributed by atoms with Crippen molar-refractivity contribution in [3.8, 4) is 0 Å². The first kappa shape index (κ1) is 11.5. The molecule has 0 aliphatic heterocycles. The molecule has 1 aromatic heterocycles. The molecule has 18 heavy (non-hydrogen) atoms. The molecule has 90 valence electrons. The first-order chi connectivity index (χ1) is 8.77. The molecule has 0 saturated heterocycles. The summed E-state index contributed by atoms with van der Waals surface area (Å²) in [7, 11) is 0. The molecule has 0 saturated carbocycles. The highest BCUT2D eigenvalue weighted by molar-refractivity contribution is 9.10. The van der Waals surface area contributed by atoms with Crippen LogP contribution in [-0.2, 0) is 0 Å². The molecule has 0 aliphatic carbocycles. The number of rotatable bonds is 2. The molecule has 0 radical (unpaired) electrons. The van der Waals surface area contributed by atoms with Crippen LogP contribution in [0.15, 0.2) is 59.3 Å². The molecule has 0 fully saturated rings. The Kier molecular flexibility index (Phi) is 2.92. The van der Waals surface area contributed by atoms with E-state index in [1.165, 1.54) is 11.1 Å². The fraction of sp³-hybridized carbons (Fsp3) is 0.133. The Bertz CT molecular complexity index is 688. The average Bonchev–Trinajstić information content (AvgIpc) is 2.82. The van der Waals surface area contributed by atoms with Gasteiger partial charge in [-0.2, -0.15) is 0 Å². The number of hydrogen-bond donors (Lipinski definition) is 0. The Hall–Kier alpha value is -1.61. The molecule has 1 atom stereocenters. The van der Waals surface area contributed by atoms with Gasteiger partial charge in [-0.3, -0.25) is 0 Å². The number of hydrogen-bond acceptors (Lipinski definition) is 1. The minimum Gasteiger partial charge on any atom is -0.323 e. The minimum absolute atomic E-state index is 0.257. The van der Waals surface area contributed by atoms with Gasteiger partial charge in [-0.1, -0.05) is 46.3 Å². The Morgan fingerprint density at radius 3 is 2.61 bits per heavy atom. The SMILES string of the molecule is CC(c1ccccc1Br)n1cnc2ccccc21. The summed E-state index contributed by atoms with van der Waals surface area (Å²) in [5.74, 6) is 0. The first-order valence-electron chi connectivity index (χ1n) is 5.93. The summed E-state index contributed by atoms with van der Waals surface area (Å²) in [6.07, 6.45) is 1.91. The Labute approximate surface area is 114 Å². The lowest BCUT2D eigenvalue weighted by Crippen LogP contribution is -2.05. The van der Waals surface area contributed by atoms with Gasteiger partial charge in [-0.05, 0) is 30.7 Å². The van der Waals surface area contributed by atoms with Gasteiger partial charge < -0.3 is 4.57 Å². The second-order valence-electron chi connectivity index (χ2n) is 4.34. The van der Waals surface area contributed by atoms with Crippen LogP contribution in [0.3, 0.4) is 0 Å². The fourth-order valence-electron chi connectivity index (χ4n) is 2.25. The standard InChI is InChI=1S/C15H13BrN2/c1-11(12-6-2-3-7-13(12)16)18-10-17-14-8-4-5-9-15(14)18/h2-11H,1H3. The van der Waals surface area contributed by atoms with E-state index >= 15 is 0 Å². The number of imidazole rings is 1. The maximum atomic E-state index is 4.44. The molecule has 0 bridgehead atoms. The summed E-state index contributed by atoms with van der Waals surface area (Å²) in [5, 5.41) is 0. The van der Waals surface area contributed by atoms with Gasteiger partial charge in [0.15, 0.2) is 0 Å². The summed E-state index contributed by atoms with van der Waals surface area (Å²) in [5.41, 5.74) is 3.47. The first-order valence-corrected chi connectivity index (χ1v) is 6.72. The number of para-hydroxylation sites is 2. The summed E-state index contributed by atoms with van der Waals surface area (Å²) in [6.45, 7) is 2.19. The van der Waals surface area contributed by atoms with Gasteiger partial charge in [-0.15, -0.1) is 0 Å². The topological polar surface area (TPSA) is 17.8 Å². The van der Waals surface area contributed by atoms with Crippen molar-refractivity contribution in [2.75, 3.05) is 0 Å². The quantitative estimate of drug-likeness (QED) is 0.685. The molecule has 3 heteroatoms. The lowest BCUT2D eigenvalue weighted by atomic mass is 10.1. The predicted octanol–water partition coefficient (Wildman–Crippen LogP) is 4.41. The van der Waals surface area contributed by atoms with Gasteiger partial charge >= 0.3 is 0 Å². The molecule has 2 aromatic carbocycles. The molecule has 3 aromatic rings. The Morgan fingerprint density at radius 1 is 1.06 bits per heavy atom. The van der Waals surface area contributed by atoms with Crippen LogP contribution in [0.4, 0.5) is 0 Å². The van der Waals surface area contributed by atoms with E-state index in [2.05, 4.69) is 56.7 Å². The lowest BCUT2D eigenvalue weighted by molar-refractivity contribution is 0.655. The number of halogens is 1. The van der Waals surface area contributed by atoms with Crippen LogP contribution >= 0.6 is 15.9 Å². The van der Waals surface area contributed by atoms with Crippen LogP contribution in [0, 0.1) is 0 Å². The third kappa shape index (κ3) is 1.85. The molecule has 1 heterocycles. The number of benzene rings is 2. The number of nitrogens with zero attached hydrogens (tertiary/aromatic N) is 2. The van der Waals surface area contributed by atoms with E-state index in [9.17, 15) is 0 Å². The second kappa shape index (κ2) is 4.58. The fourth-order valence-corrected chi connectivity index (χ4v) is 2.87. The molecule has 0 N–H and O–H groups in total. The largest absolute Gasteiger partial charge is 0.323 e. The van der Waals surface area contributed by atoms with Crippen molar-refractivity contribution < 1.29 is 0 Å². The summed E-state index contributed by atoms with van der Waals surface area (Å²) in [4.78, 5) is 4.44. The van der Waals surface area contributed by atoms with E-state index in [-0.39, 0.29) is 6.04 Å². The normalized spacial score (nSPS) is 12.8. The van der Waals surface area contributed by atoms with Crippen molar-refractivity contribution in [2.45, 2.75) is 13.0 Å². The molecule has 1 unspecified atom stereocenters. The summed E-state index contributed by atoms with van der Waals surface area (Å²) < 4.78 is 3.34. The van der Waals surface area contributed by atoms with Gasteiger partial charge in [-0.25, -0.2) is 4.98 Å². The second-order valence-corrected chi connectivity index (χ2v) is 5.19. The molecule has 0 aliphatic rings. The Balaban J connectivity index is 2.13. The predicted molar refractivity (Wildman–Crippen MR) is 77.7 cm³/mol. The molecular formula is C15H13BrN2. The minimum atomic E-state index is 0.257. The highest BCUT2D eigenvalue weighted by Gasteiger charge is 2.13. The zero-order chi connectivity index (χ0) is 12.5. The van der Waals surface area contributed by atoms with E-state index < -0.39 is 0 Å². The summed E-state index contributed by atoms with van der Waals surface area (Å²) in [6, 6.07) is 16.8. The molecular weight excluding hydrogens is 288 g/mol. The number of fused-ring (bicyclic) bond motifs is 1. The smallest absolute Gasteiger partial charge is 0.0964 e. The third-order valence-electron chi connectivity index (χ3n) is 3.25. The van der Waals surface area contributed by atoms with Gasteiger partial charge in [0.2, 0.25) is 0 Å². The molecule has 0 amide bonds. The van der Waals surface area contributed by atoms with Crippen LogP contribution in [-0.4, -0.2) is 9.55 Å². The van der Waals surface area contributed by atoms with Crippen molar-refractivity contribution in [3.05, 3.63) is 64.9 Å². The van der Waals surface area contributed by atoms with E-state index in [1.54, 1.807) is 0 Å². The van der Waals surface area contributed by atoms with Gasteiger partial charge in [0.1, 0.15) is 0 Å². The molecule has 3 rings (SSSR count). The highest BCUT2D eigenvalue weighted by Crippen LogP contribution is 2.28. The van der Waals surface area contributed by atoms with Gasteiger partial charge in [0.25, 0.3) is 0 Å². The van der Waals surface area contributed by atoms with Crippen LogP contribution in [0.1, 0.15) is 18.5 Å². The van der Waals surface area contributed by atoms with E-state index in [4.69, 9.17) is 0 Å². The molecule has 0 spiro atoms. The maximum Gasteiger partial charge on any atom is 0.0964 e. The van der Waals surface area contributed by atoms with E-state index in [0.29, 0.717) is 0 Å². The monoisotopic (exact) mass is 300 g/mol. The average molecular weight is 301 g/mol. The maximum absolute atomic E-state index is 4.44. The summed E-state index contributed by atoms with van der Waals surface area (Å²) >= 11 is 3.61. The van der Waals surface area contributed by atoms with Crippen molar-refractivity contribution in [1.29, 1.82) is 0 Å². The number of aromatic nitrogens is 2. The van der Waals surface area contributed by atoms with Crippen LogP contribution < -0.4 is 0 Å².